The highest BCUT2D eigenvalue weighted by Gasteiger charge is 2.30. The molecular weight excluding hydrogens is 209 g/mol. The van der Waals surface area contributed by atoms with Gasteiger partial charge in [0.1, 0.15) is 5.82 Å². The van der Waals surface area contributed by atoms with Gasteiger partial charge in [-0.15, -0.1) is 0 Å². The molecule has 1 unspecified atom stereocenters. The number of nitrogens with one attached hydrogen (secondary N) is 1. The molecule has 1 atom stereocenters. The minimum atomic E-state index is -0.427. The Labute approximate surface area is 92.7 Å². The van der Waals surface area contributed by atoms with Crippen LogP contribution >= 0.6 is 0 Å². The van der Waals surface area contributed by atoms with Crippen molar-refractivity contribution in [1.29, 1.82) is 0 Å². The highest BCUT2D eigenvalue weighted by Crippen LogP contribution is 2.20. The van der Waals surface area contributed by atoms with Gasteiger partial charge in [-0.25, -0.2) is 4.39 Å². The second-order valence-electron chi connectivity index (χ2n) is 4.11. The molecule has 1 aliphatic rings. The number of rotatable bonds is 2. The van der Waals surface area contributed by atoms with Crippen LogP contribution in [0.5, 0.6) is 0 Å². The Morgan fingerprint density at radius 1 is 1.44 bits per heavy atom. The zero-order valence-electron chi connectivity index (χ0n) is 8.92. The van der Waals surface area contributed by atoms with Crippen molar-refractivity contribution in [2.45, 2.75) is 19.8 Å². The molecule has 0 bridgehead atoms. The lowest BCUT2D eigenvalue weighted by Gasteiger charge is -2.07. The summed E-state index contributed by atoms with van der Waals surface area (Å²) < 4.78 is 13.4. The lowest BCUT2D eigenvalue weighted by atomic mass is 9.96. The maximum absolute atomic E-state index is 13.4. The van der Waals surface area contributed by atoms with Gasteiger partial charge in [-0.2, -0.15) is 0 Å². The summed E-state index contributed by atoms with van der Waals surface area (Å²) in [7, 11) is 0. The van der Waals surface area contributed by atoms with Crippen LogP contribution in [0, 0.1) is 18.7 Å². The van der Waals surface area contributed by atoms with E-state index in [0.717, 1.165) is 5.56 Å². The summed E-state index contributed by atoms with van der Waals surface area (Å²) in [6, 6.07) is 4.78. The topological polar surface area (TPSA) is 46.2 Å². The van der Waals surface area contributed by atoms with Gasteiger partial charge in [0, 0.05) is 6.42 Å². The van der Waals surface area contributed by atoms with Crippen molar-refractivity contribution in [3.8, 4) is 0 Å². The Morgan fingerprint density at radius 3 is 2.81 bits per heavy atom. The van der Waals surface area contributed by atoms with Crippen molar-refractivity contribution in [2.75, 3.05) is 0 Å². The van der Waals surface area contributed by atoms with Crippen LogP contribution in [0.4, 0.5) is 4.39 Å². The Kier molecular flexibility index (Phi) is 2.73. The van der Waals surface area contributed by atoms with Crippen LogP contribution < -0.4 is 5.32 Å². The molecule has 1 aromatic rings. The number of benzene rings is 1. The molecule has 0 aromatic heterocycles. The maximum Gasteiger partial charge on any atom is 0.230 e. The van der Waals surface area contributed by atoms with Crippen molar-refractivity contribution in [3.05, 3.63) is 35.1 Å². The van der Waals surface area contributed by atoms with Crippen molar-refractivity contribution >= 4 is 11.8 Å². The first kappa shape index (κ1) is 10.8. The fourth-order valence-corrected chi connectivity index (χ4v) is 1.90. The number of imide groups is 1. The van der Waals surface area contributed by atoms with Gasteiger partial charge in [0.25, 0.3) is 0 Å². The molecule has 1 aromatic carbocycles. The van der Waals surface area contributed by atoms with Gasteiger partial charge < -0.3 is 0 Å². The number of hydrogen-bond donors (Lipinski definition) is 1. The lowest BCUT2D eigenvalue weighted by Crippen LogP contribution is -2.23. The van der Waals surface area contributed by atoms with Gasteiger partial charge in [0.15, 0.2) is 0 Å². The summed E-state index contributed by atoms with van der Waals surface area (Å²) in [6.07, 6.45) is 0.442. The number of amides is 2. The van der Waals surface area contributed by atoms with Gasteiger partial charge in [0.2, 0.25) is 11.8 Å². The number of halogens is 1. The molecule has 1 aliphatic heterocycles. The molecule has 4 heteroatoms. The molecule has 16 heavy (non-hydrogen) atoms. The minimum Gasteiger partial charge on any atom is -0.296 e. The normalized spacial score (nSPS) is 20.0. The van der Waals surface area contributed by atoms with E-state index in [2.05, 4.69) is 5.32 Å². The summed E-state index contributed by atoms with van der Waals surface area (Å²) in [5.41, 5.74) is 1.44. The van der Waals surface area contributed by atoms with Gasteiger partial charge in [0.05, 0.1) is 5.92 Å². The van der Waals surface area contributed by atoms with Gasteiger partial charge in [-0.1, -0.05) is 17.7 Å². The average Bonchev–Trinajstić information content (AvgIpc) is 2.51. The predicted molar refractivity (Wildman–Crippen MR) is 56.1 cm³/mol. The molecular formula is C12H12FNO2. The first-order valence-corrected chi connectivity index (χ1v) is 5.15. The molecule has 0 aliphatic carbocycles. The molecule has 1 saturated heterocycles. The molecule has 1 heterocycles. The predicted octanol–water partition coefficient (Wildman–Crippen LogP) is 1.34. The van der Waals surface area contributed by atoms with E-state index >= 15 is 0 Å². The Balaban J connectivity index is 2.18. The van der Waals surface area contributed by atoms with E-state index in [9.17, 15) is 14.0 Å². The van der Waals surface area contributed by atoms with Crippen LogP contribution in [-0.4, -0.2) is 11.8 Å². The van der Waals surface area contributed by atoms with E-state index in [0.29, 0.717) is 5.56 Å². The van der Waals surface area contributed by atoms with Crippen molar-refractivity contribution in [3.63, 3.8) is 0 Å². The first-order chi connectivity index (χ1) is 7.56. The number of carbonyl (C=O) groups is 2. The first-order valence-electron chi connectivity index (χ1n) is 5.15. The van der Waals surface area contributed by atoms with Crippen LogP contribution in [0.25, 0.3) is 0 Å². The molecule has 2 rings (SSSR count). The Morgan fingerprint density at radius 2 is 2.19 bits per heavy atom. The molecule has 0 spiro atoms. The zero-order valence-corrected chi connectivity index (χ0v) is 8.92. The van der Waals surface area contributed by atoms with Crippen LogP contribution in [0.3, 0.4) is 0 Å². The second kappa shape index (κ2) is 4.04. The van der Waals surface area contributed by atoms with E-state index < -0.39 is 5.92 Å². The maximum atomic E-state index is 13.4. The Hall–Kier alpha value is -1.71. The molecule has 1 N–H and O–H groups in total. The average molecular weight is 221 g/mol. The van der Waals surface area contributed by atoms with Gasteiger partial charge in [-0.05, 0) is 25.0 Å². The van der Waals surface area contributed by atoms with Crippen LogP contribution in [0.1, 0.15) is 17.5 Å². The van der Waals surface area contributed by atoms with Crippen LogP contribution in [0.15, 0.2) is 18.2 Å². The zero-order chi connectivity index (χ0) is 11.7. The molecule has 1 fully saturated rings. The molecule has 84 valence electrons. The third-order valence-electron chi connectivity index (χ3n) is 2.73. The number of carbonyl (C=O) groups excluding carboxylic acids is 2. The second-order valence-corrected chi connectivity index (χ2v) is 4.11. The molecule has 0 saturated carbocycles. The molecule has 0 radical (unpaired) electrons. The molecule has 2 amide bonds. The number of hydrogen-bond acceptors (Lipinski definition) is 2. The highest BCUT2D eigenvalue weighted by molar-refractivity contribution is 6.03. The van der Waals surface area contributed by atoms with E-state index in [4.69, 9.17) is 0 Å². The summed E-state index contributed by atoms with van der Waals surface area (Å²) in [6.45, 7) is 1.86. The van der Waals surface area contributed by atoms with E-state index in [1.54, 1.807) is 12.1 Å². The van der Waals surface area contributed by atoms with E-state index in [-0.39, 0.29) is 30.5 Å². The van der Waals surface area contributed by atoms with Crippen LogP contribution in [0.2, 0.25) is 0 Å². The number of aryl methyl sites for hydroxylation is 1. The monoisotopic (exact) mass is 221 g/mol. The van der Waals surface area contributed by atoms with Gasteiger partial charge >= 0.3 is 0 Å². The fraction of sp³-hybridized carbons (Fsp3) is 0.333. The van der Waals surface area contributed by atoms with Gasteiger partial charge in [-0.3, -0.25) is 14.9 Å². The minimum absolute atomic E-state index is 0.159. The summed E-state index contributed by atoms with van der Waals surface area (Å²) in [4.78, 5) is 22.3. The molecule has 3 nitrogen and oxygen atoms in total. The SMILES string of the molecule is Cc1ccc(F)c(CC2CC(=O)NC2=O)c1. The standard InChI is InChI=1S/C12H12FNO2/c1-7-2-3-10(13)8(4-7)5-9-6-11(15)14-12(9)16/h2-4,9H,5-6H2,1H3,(H,14,15,16). The third-order valence-corrected chi connectivity index (χ3v) is 2.73. The Bertz CT molecular complexity index is 456. The highest BCUT2D eigenvalue weighted by atomic mass is 19.1. The largest absolute Gasteiger partial charge is 0.296 e. The summed E-state index contributed by atoms with van der Waals surface area (Å²) in [5, 5.41) is 2.22. The summed E-state index contributed by atoms with van der Waals surface area (Å²) in [5.74, 6) is -1.32. The quantitative estimate of drug-likeness (QED) is 0.766. The fourth-order valence-electron chi connectivity index (χ4n) is 1.90. The van der Waals surface area contributed by atoms with E-state index in [1.807, 2.05) is 6.92 Å². The van der Waals surface area contributed by atoms with Crippen LogP contribution in [-0.2, 0) is 16.0 Å². The van der Waals surface area contributed by atoms with Crippen molar-refractivity contribution in [2.24, 2.45) is 5.92 Å². The lowest BCUT2D eigenvalue weighted by molar-refractivity contribution is -0.125. The van der Waals surface area contributed by atoms with E-state index in [1.165, 1.54) is 6.07 Å². The van der Waals surface area contributed by atoms with Crippen molar-refractivity contribution < 1.29 is 14.0 Å². The third kappa shape index (κ3) is 2.10. The van der Waals surface area contributed by atoms with Crippen molar-refractivity contribution in [1.82, 2.24) is 5.32 Å². The summed E-state index contributed by atoms with van der Waals surface area (Å²) >= 11 is 0. The smallest absolute Gasteiger partial charge is 0.230 e.